The molecule has 2 aromatic rings. The summed E-state index contributed by atoms with van der Waals surface area (Å²) < 4.78 is 13.6. The van der Waals surface area contributed by atoms with E-state index in [0.29, 0.717) is 17.9 Å². The van der Waals surface area contributed by atoms with Crippen LogP contribution in [0.25, 0.3) is 12.2 Å². The minimum atomic E-state index is -0.477. The Kier molecular flexibility index (Phi) is 8.41. The molecule has 0 fully saturated rings. The van der Waals surface area contributed by atoms with E-state index in [9.17, 15) is 9.59 Å². The fourth-order valence-corrected chi connectivity index (χ4v) is 3.22. The molecule has 7 heteroatoms. The zero-order valence-electron chi connectivity index (χ0n) is 17.5. The van der Waals surface area contributed by atoms with E-state index >= 15 is 0 Å². The summed E-state index contributed by atoms with van der Waals surface area (Å²) in [6.45, 7) is 1.97. The summed E-state index contributed by atoms with van der Waals surface area (Å²) in [6.07, 6.45) is 12.0. The van der Waals surface area contributed by atoms with Crippen LogP contribution in [0.4, 0.5) is 5.69 Å². The molecule has 0 saturated heterocycles. The molecule has 2 aromatic carbocycles. The van der Waals surface area contributed by atoms with Crippen LogP contribution in [0, 0.1) is 6.92 Å². The van der Waals surface area contributed by atoms with Crippen LogP contribution >= 0.6 is 22.9 Å². The summed E-state index contributed by atoms with van der Waals surface area (Å²) in [5.74, 6) is -0.0469. The molecule has 1 aliphatic carbocycles. The van der Waals surface area contributed by atoms with Gasteiger partial charge in [-0.2, -0.15) is 0 Å². The van der Waals surface area contributed by atoms with Crippen molar-refractivity contribution < 1.29 is 19.1 Å². The standard InChI is InChI=1S/C25H23IN2O4/c1-17-16-21(28-26)9-5-19(17)6-15-25(30)31-22-10-2-18(3-11-22)4-14-24(29)32-23-12-7-20(27)8-13-23/h2-7,9-16,20,28H,8,27H2,1H3/b14-4+,15-6+. The molecule has 0 radical (unpaired) electrons. The maximum atomic E-state index is 12.1. The van der Waals surface area contributed by atoms with Gasteiger partial charge in [0.2, 0.25) is 0 Å². The second kappa shape index (κ2) is 11.4. The number of esters is 2. The van der Waals surface area contributed by atoms with Gasteiger partial charge in [-0.1, -0.05) is 24.3 Å². The number of nitrogens with one attached hydrogen (secondary N) is 1. The molecule has 0 bridgehead atoms. The SMILES string of the molecule is Cc1cc(NI)ccc1/C=C/C(=O)Oc1ccc(/C=C/C(=O)OC2=CCC(N)C=C2)cc1. The first-order valence-corrected chi connectivity index (χ1v) is 11.0. The van der Waals surface area contributed by atoms with E-state index < -0.39 is 11.9 Å². The van der Waals surface area contributed by atoms with Crippen molar-refractivity contribution in [3.63, 3.8) is 0 Å². The number of rotatable bonds is 7. The Hall–Kier alpha value is -3.17. The van der Waals surface area contributed by atoms with E-state index in [1.54, 1.807) is 54.6 Å². The largest absolute Gasteiger partial charge is 0.424 e. The Morgan fingerprint density at radius 2 is 1.78 bits per heavy atom. The van der Waals surface area contributed by atoms with Crippen molar-refractivity contribution in [2.45, 2.75) is 19.4 Å². The molecule has 0 spiro atoms. The third-order valence-corrected chi connectivity index (χ3v) is 5.23. The van der Waals surface area contributed by atoms with Crippen LogP contribution in [-0.4, -0.2) is 18.0 Å². The molecule has 0 heterocycles. The summed E-state index contributed by atoms with van der Waals surface area (Å²) in [4.78, 5) is 24.0. The van der Waals surface area contributed by atoms with Gasteiger partial charge in [-0.3, -0.25) is 0 Å². The number of nitrogens with two attached hydrogens (primary N) is 1. The third kappa shape index (κ3) is 7.21. The van der Waals surface area contributed by atoms with Crippen LogP contribution in [0.2, 0.25) is 0 Å². The van der Waals surface area contributed by atoms with E-state index in [1.165, 1.54) is 12.2 Å². The van der Waals surface area contributed by atoms with Crippen molar-refractivity contribution in [2.75, 3.05) is 3.53 Å². The summed E-state index contributed by atoms with van der Waals surface area (Å²) in [7, 11) is 0. The lowest BCUT2D eigenvalue weighted by Gasteiger charge is -2.10. The zero-order chi connectivity index (χ0) is 22.9. The second-order valence-corrected chi connectivity index (χ2v) is 7.65. The molecule has 6 nitrogen and oxygen atoms in total. The number of carbonyl (C=O) groups excluding carboxylic acids is 2. The molecule has 0 aromatic heterocycles. The van der Waals surface area contributed by atoms with Crippen molar-refractivity contribution in [2.24, 2.45) is 5.73 Å². The lowest BCUT2D eigenvalue weighted by atomic mass is 10.1. The number of allylic oxidation sites excluding steroid dienone is 1. The minimum Gasteiger partial charge on any atom is -0.424 e. The number of carbonyl (C=O) groups is 2. The predicted octanol–water partition coefficient (Wildman–Crippen LogP) is 5.10. The van der Waals surface area contributed by atoms with Crippen LogP contribution in [0.15, 0.2) is 78.6 Å². The van der Waals surface area contributed by atoms with Crippen LogP contribution in [0.1, 0.15) is 23.1 Å². The fourth-order valence-electron chi connectivity index (χ4n) is 2.88. The molecule has 0 saturated carbocycles. The lowest BCUT2D eigenvalue weighted by Crippen LogP contribution is -2.18. The van der Waals surface area contributed by atoms with Gasteiger partial charge in [0.05, 0.1) is 22.9 Å². The van der Waals surface area contributed by atoms with E-state index in [-0.39, 0.29) is 6.04 Å². The molecule has 164 valence electrons. The van der Waals surface area contributed by atoms with Crippen LogP contribution in [0.3, 0.4) is 0 Å². The predicted molar refractivity (Wildman–Crippen MR) is 135 cm³/mol. The Morgan fingerprint density at radius 3 is 2.44 bits per heavy atom. The maximum absolute atomic E-state index is 12.1. The van der Waals surface area contributed by atoms with Crippen LogP contribution in [-0.2, 0) is 14.3 Å². The van der Waals surface area contributed by atoms with Crippen LogP contribution < -0.4 is 14.0 Å². The summed E-state index contributed by atoms with van der Waals surface area (Å²) >= 11 is 2.07. The number of anilines is 1. The molecule has 0 amide bonds. The highest BCUT2D eigenvalue weighted by molar-refractivity contribution is 14.1. The molecule has 0 aliphatic heterocycles. The maximum Gasteiger partial charge on any atom is 0.336 e. The molecule has 1 aliphatic rings. The van der Waals surface area contributed by atoms with Gasteiger partial charge in [0.15, 0.2) is 0 Å². The smallest absolute Gasteiger partial charge is 0.336 e. The second-order valence-electron chi connectivity index (χ2n) is 7.11. The molecular formula is C25H23IN2O4. The highest BCUT2D eigenvalue weighted by Gasteiger charge is 2.07. The molecule has 1 unspecified atom stereocenters. The van der Waals surface area contributed by atoms with Crippen molar-refractivity contribution in [3.05, 3.63) is 95.3 Å². The summed E-state index contributed by atoms with van der Waals surface area (Å²) in [5, 5.41) is 0. The Labute approximate surface area is 201 Å². The van der Waals surface area contributed by atoms with Gasteiger partial charge in [-0.15, -0.1) is 0 Å². The average Bonchev–Trinajstić information content (AvgIpc) is 2.79. The lowest BCUT2D eigenvalue weighted by molar-refractivity contribution is -0.133. The van der Waals surface area contributed by atoms with Gasteiger partial charge in [-0.25, -0.2) is 9.59 Å². The third-order valence-electron chi connectivity index (χ3n) is 4.61. The van der Waals surface area contributed by atoms with Crippen molar-refractivity contribution in [3.8, 4) is 5.75 Å². The van der Waals surface area contributed by atoms with Crippen molar-refractivity contribution in [1.29, 1.82) is 0 Å². The first-order valence-electron chi connectivity index (χ1n) is 9.94. The highest BCUT2D eigenvalue weighted by Crippen LogP contribution is 2.18. The summed E-state index contributed by atoms with van der Waals surface area (Å²) in [6, 6.07) is 12.6. The van der Waals surface area contributed by atoms with E-state index in [4.69, 9.17) is 15.2 Å². The molecule has 3 rings (SSSR count). The van der Waals surface area contributed by atoms with Gasteiger partial charge in [0.1, 0.15) is 11.5 Å². The zero-order valence-corrected chi connectivity index (χ0v) is 19.6. The normalized spacial score (nSPS) is 15.6. The number of ether oxygens (including phenoxy) is 2. The number of aryl methyl sites for hydroxylation is 1. The monoisotopic (exact) mass is 542 g/mol. The van der Waals surface area contributed by atoms with Gasteiger partial charge in [0.25, 0.3) is 0 Å². The van der Waals surface area contributed by atoms with E-state index in [1.807, 2.05) is 25.1 Å². The number of hydrogen-bond donors (Lipinski definition) is 2. The Bertz CT molecular complexity index is 1100. The van der Waals surface area contributed by atoms with E-state index in [0.717, 1.165) is 22.4 Å². The molecule has 3 N–H and O–H groups in total. The van der Waals surface area contributed by atoms with Gasteiger partial charge < -0.3 is 18.7 Å². The molecule has 32 heavy (non-hydrogen) atoms. The number of halogens is 1. The number of benzene rings is 2. The highest BCUT2D eigenvalue weighted by atomic mass is 127. The van der Waals surface area contributed by atoms with Crippen LogP contribution in [0.5, 0.6) is 5.75 Å². The van der Waals surface area contributed by atoms with E-state index in [2.05, 4.69) is 26.4 Å². The molecule has 1 atom stereocenters. The van der Waals surface area contributed by atoms with Gasteiger partial charge in [-0.05, 0) is 78.6 Å². The van der Waals surface area contributed by atoms with Crippen molar-refractivity contribution >= 4 is 52.6 Å². The fraction of sp³-hybridized carbons (Fsp3) is 0.120. The number of hydrogen-bond acceptors (Lipinski definition) is 6. The topological polar surface area (TPSA) is 90.6 Å². The van der Waals surface area contributed by atoms with Gasteiger partial charge in [0, 0.05) is 23.9 Å². The average molecular weight is 542 g/mol. The molecular weight excluding hydrogens is 519 g/mol. The van der Waals surface area contributed by atoms with Crippen molar-refractivity contribution in [1.82, 2.24) is 0 Å². The quantitative estimate of drug-likeness (QED) is 0.166. The Balaban J connectivity index is 1.51. The summed E-state index contributed by atoms with van der Waals surface area (Å²) in [5.41, 5.74) is 9.49. The first-order chi connectivity index (χ1) is 15.4. The van der Waals surface area contributed by atoms with Gasteiger partial charge >= 0.3 is 11.9 Å². The minimum absolute atomic E-state index is 0.0372. The Morgan fingerprint density at radius 1 is 1.06 bits per heavy atom. The first kappa shape index (κ1) is 23.5.